The molecular weight excluding hydrogens is 305 g/mol. The fraction of sp³-hybridized carbons (Fsp3) is 0. The van der Waals surface area contributed by atoms with Gasteiger partial charge >= 0.3 is 0 Å². The summed E-state index contributed by atoms with van der Waals surface area (Å²) in [4.78, 5) is 0. The topological polar surface area (TPSA) is 61.8 Å². The largest absolute Gasteiger partial charge is 0.396 e. The van der Waals surface area contributed by atoms with Crippen LogP contribution in [0.4, 0.5) is 17.1 Å². The Labute approximate surface area is 125 Å². The van der Waals surface area contributed by atoms with Crippen molar-refractivity contribution >= 4 is 51.9 Å². The molecule has 6 heteroatoms. The Morgan fingerprint density at radius 2 is 1.68 bits per heavy atom. The lowest BCUT2D eigenvalue weighted by Crippen LogP contribution is -1.99. The number of nitrogens with two attached hydrogens (primary N) is 1. The van der Waals surface area contributed by atoms with Crippen LogP contribution in [-0.4, -0.2) is 0 Å². The maximum absolute atomic E-state index is 8.92. The number of anilines is 3. The molecule has 0 fully saturated rings. The first-order valence-corrected chi connectivity index (χ1v) is 6.36. The van der Waals surface area contributed by atoms with Crippen LogP contribution in [0.3, 0.4) is 0 Å². The van der Waals surface area contributed by atoms with Crippen LogP contribution in [0.2, 0.25) is 15.1 Å². The number of hydrogen-bond donors (Lipinski definition) is 2. The monoisotopic (exact) mass is 311 g/mol. The van der Waals surface area contributed by atoms with E-state index in [0.29, 0.717) is 37.7 Å². The van der Waals surface area contributed by atoms with Gasteiger partial charge in [-0.3, -0.25) is 0 Å². The molecule has 2 aromatic carbocycles. The molecule has 96 valence electrons. The zero-order chi connectivity index (χ0) is 14.0. The second-order valence-electron chi connectivity index (χ2n) is 3.75. The van der Waals surface area contributed by atoms with E-state index in [9.17, 15) is 0 Å². The average molecular weight is 313 g/mol. The SMILES string of the molecule is N#Cc1cccc(Nc2cc(Cl)c(Cl)cc2Cl)c1N. The van der Waals surface area contributed by atoms with Gasteiger partial charge in [0, 0.05) is 0 Å². The number of nitrogen functional groups attached to an aromatic ring is 1. The molecule has 0 saturated carbocycles. The minimum Gasteiger partial charge on any atom is -0.396 e. The van der Waals surface area contributed by atoms with Crippen LogP contribution in [0.25, 0.3) is 0 Å². The van der Waals surface area contributed by atoms with E-state index in [0.717, 1.165) is 0 Å². The second kappa shape index (κ2) is 5.58. The number of benzene rings is 2. The number of rotatable bonds is 2. The number of nitrogens with zero attached hydrogens (tertiary/aromatic N) is 1. The molecule has 0 spiro atoms. The third kappa shape index (κ3) is 2.87. The molecule has 0 aromatic heterocycles. The number of halogens is 3. The first kappa shape index (κ1) is 13.8. The summed E-state index contributed by atoms with van der Waals surface area (Å²) in [7, 11) is 0. The normalized spacial score (nSPS) is 10.0. The number of para-hydroxylation sites is 1. The van der Waals surface area contributed by atoms with Crippen molar-refractivity contribution in [3.05, 3.63) is 51.0 Å². The number of nitrogens with one attached hydrogen (secondary N) is 1. The standard InChI is InChI=1S/C13H8Cl3N3/c14-8-4-10(16)12(5-9(8)15)19-11-3-1-2-7(6-17)13(11)18/h1-5,19H,18H2. The molecule has 0 saturated heterocycles. The highest BCUT2D eigenvalue weighted by Crippen LogP contribution is 2.35. The molecule has 3 N–H and O–H groups in total. The van der Waals surface area contributed by atoms with Crippen molar-refractivity contribution in [3.8, 4) is 6.07 Å². The number of nitriles is 1. The molecule has 0 unspecified atom stereocenters. The first-order valence-electron chi connectivity index (χ1n) is 5.23. The molecule has 0 aliphatic carbocycles. The maximum atomic E-state index is 8.92. The predicted molar refractivity (Wildman–Crippen MR) is 80.3 cm³/mol. The Hall–Kier alpha value is -1.60. The van der Waals surface area contributed by atoms with E-state index >= 15 is 0 Å². The Balaban J connectivity index is 2.43. The summed E-state index contributed by atoms with van der Waals surface area (Å²) in [6.45, 7) is 0. The van der Waals surface area contributed by atoms with Gasteiger partial charge < -0.3 is 11.1 Å². The molecule has 0 radical (unpaired) electrons. The third-order valence-corrected chi connectivity index (χ3v) is 3.54. The van der Waals surface area contributed by atoms with E-state index in [2.05, 4.69) is 5.32 Å². The van der Waals surface area contributed by atoms with Crippen molar-refractivity contribution in [3.63, 3.8) is 0 Å². The van der Waals surface area contributed by atoms with Gasteiger partial charge in [0.15, 0.2) is 0 Å². The lowest BCUT2D eigenvalue weighted by atomic mass is 10.1. The van der Waals surface area contributed by atoms with Crippen molar-refractivity contribution in [1.29, 1.82) is 5.26 Å². The summed E-state index contributed by atoms with van der Waals surface area (Å²) in [6, 6.07) is 10.3. The summed E-state index contributed by atoms with van der Waals surface area (Å²) in [5.41, 5.74) is 7.77. The minimum atomic E-state index is 0.354. The van der Waals surface area contributed by atoms with Crippen LogP contribution in [0, 0.1) is 11.3 Å². The zero-order valence-corrected chi connectivity index (χ0v) is 11.8. The quantitative estimate of drug-likeness (QED) is 0.616. The molecule has 0 atom stereocenters. The van der Waals surface area contributed by atoms with E-state index in [-0.39, 0.29) is 0 Å². The van der Waals surface area contributed by atoms with Gasteiger partial charge in [-0.2, -0.15) is 5.26 Å². The molecule has 3 nitrogen and oxygen atoms in total. The smallest absolute Gasteiger partial charge is 0.101 e. The molecule has 0 bridgehead atoms. The van der Waals surface area contributed by atoms with Crippen molar-refractivity contribution in [2.75, 3.05) is 11.1 Å². The fourth-order valence-electron chi connectivity index (χ4n) is 1.54. The van der Waals surface area contributed by atoms with Crippen LogP contribution in [0.1, 0.15) is 5.56 Å². The van der Waals surface area contributed by atoms with E-state index < -0.39 is 0 Å². The average Bonchev–Trinajstić information content (AvgIpc) is 2.38. The molecule has 19 heavy (non-hydrogen) atoms. The molecule has 0 heterocycles. The van der Waals surface area contributed by atoms with E-state index in [1.165, 1.54) is 6.07 Å². The van der Waals surface area contributed by atoms with E-state index in [4.69, 9.17) is 45.8 Å². The lowest BCUT2D eigenvalue weighted by molar-refractivity contribution is 1.47. The van der Waals surface area contributed by atoms with Gasteiger partial charge in [-0.25, -0.2) is 0 Å². The summed E-state index contributed by atoms with van der Waals surface area (Å²) < 4.78 is 0. The molecular formula is C13H8Cl3N3. The number of hydrogen-bond acceptors (Lipinski definition) is 3. The van der Waals surface area contributed by atoms with Crippen molar-refractivity contribution in [2.45, 2.75) is 0 Å². The third-order valence-electron chi connectivity index (χ3n) is 2.51. The predicted octanol–water partition coefficient (Wildman–Crippen LogP) is 4.84. The maximum Gasteiger partial charge on any atom is 0.101 e. The Morgan fingerprint density at radius 3 is 2.37 bits per heavy atom. The highest BCUT2D eigenvalue weighted by molar-refractivity contribution is 6.44. The van der Waals surface area contributed by atoms with Crippen LogP contribution in [0.5, 0.6) is 0 Å². The van der Waals surface area contributed by atoms with Gasteiger partial charge in [0.25, 0.3) is 0 Å². The molecule has 2 aromatic rings. The van der Waals surface area contributed by atoms with Gasteiger partial charge in [0.1, 0.15) is 6.07 Å². The lowest BCUT2D eigenvalue weighted by Gasteiger charge is -2.12. The minimum absolute atomic E-state index is 0.354. The fourth-order valence-corrected chi connectivity index (χ4v) is 2.13. The molecule has 0 amide bonds. The molecule has 2 rings (SSSR count). The molecule has 0 aliphatic heterocycles. The van der Waals surface area contributed by atoms with Gasteiger partial charge in [-0.15, -0.1) is 0 Å². The highest BCUT2D eigenvalue weighted by atomic mass is 35.5. The van der Waals surface area contributed by atoms with Crippen molar-refractivity contribution in [2.24, 2.45) is 0 Å². The van der Waals surface area contributed by atoms with E-state index in [1.807, 2.05) is 6.07 Å². The van der Waals surface area contributed by atoms with Gasteiger partial charge in [0.2, 0.25) is 0 Å². The van der Waals surface area contributed by atoms with Crippen molar-refractivity contribution < 1.29 is 0 Å². The Bertz CT molecular complexity index is 678. The summed E-state index contributed by atoms with van der Waals surface area (Å²) in [6.07, 6.45) is 0. The summed E-state index contributed by atoms with van der Waals surface area (Å²) >= 11 is 17.9. The van der Waals surface area contributed by atoms with Crippen LogP contribution < -0.4 is 11.1 Å². The van der Waals surface area contributed by atoms with Crippen LogP contribution in [-0.2, 0) is 0 Å². The Morgan fingerprint density at radius 1 is 1.00 bits per heavy atom. The van der Waals surface area contributed by atoms with Crippen LogP contribution in [0.15, 0.2) is 30.3 Å². The second-order valence-corrected chi connectivity index (χ2v) is 4.97. The highest BCUT2D eigenvalue weighted by Gasteiger charge is 2.09. The van der Waals surface area contributed by atoms with Crippen molar-refractivity contribution in [1.82, 2.24) is 0 Å². The van der Waals surface area contributed by atoms with Gasteiger partial charge in [-0.05, 0) is 24.3 Å². The van der Waals surface area contributed by atoms with Gasteiger partial charge in [0.05, 0.1) is 37.7 Å². The summed E-state index contributed by atoms with van der Waals surface area (Å²) in [5, 5.41) is 13.1. The van der Waals surface area contributed by atoms with E-state index in [1.54, 1.807) is 24.3 Å². The Kier molecular flexibility index (Phi) is 4.06. The van der Waals surface area contributed by atoms with Gasteiger partial charge in [-0.1, -0.05) is 40.9 Å². The summed E-state index contributed by atoms with van der Waals surface area (Å²) in [5.74, 6) is 0. The van der Waals surface area contributed by atoms with Crippen LogP contribution >= 0.6 is 34.8 Å². The first-order chi connectivity index (χ1) is 9.02. The zero-order valence-electron chi connectivity index (χ0n) is 9.55. The molecule has 0 aliphatic rings.